The second-order valence-electron chi connectivity index (χ2n) is 8.29. The van der Waals surface area contributed by atoms with Gasteiger partial charge in [0.1, 0.15) is 17.7 Å². The Balaban J connectivity index is 1.73. The molecule has 1 aliphatic carbocycles. The van der Waals surface area contributed by atoms with Crippen LogP contribution in [0.4, 0.5) is 0 Å². The van der Waals surface area contributed by atoms with Gasteiger partial charge in [0.2, 0.25) is 0 Å². The van der Waals surface area contributed by atoms with Gasteiger partial charge in [0.05, 0.1) is 0 Å². The highest BCUT2D eigenvalue weighted by Gasteiger charge is 2.21. The third-order valence-corrected chi connectivity index (χ3v) is 5.95. The molecule has 0 fully saturated rings. The van der Waals surface area contributed by atoms with Crippen molar-refractivity contribution in [1.82, 2.24) is 4.90 Å². The Kier molecular flexibility index (Phi) is 6.93. The van der Waals surface area contributed by atoms with Crippen molar-refractivity contribution >= 4 is 11.1 Å². The highest BCUT2D eigenvalue weighted by Crippen LogP contribution is 2.41. The molecule has 0 heterocycles. The van der Waals surface area contributed by atoms with E-state index in [4.69, 9.17) is 14.2 Å². The fraction of sp³-hybridized carbons (Fsp3) is 0.286. The molecule has 1 atom stereocenters. The smallest absolute Gasteiger partial charge is 0.188 e. The Hall–Kier alpha value is -3.08. The summed E-state index contributed by atoms with van der Waals surface area (Å²) in [6.07, 6.45) is 2.12. The van der Waals surface area contributed by atoms with Gasteiger partial charge in [-0.15, -0.1) is 0 Å². The quantitative estimate of drug-likeness (QED) is 0.420. The van der Waals surface area contributed by atoms with Crippen LogP contribution in [0.15, 0.2) is 72.8 Å². The molecule has 3 aromatic carbocycles. The Morgan fingerprint density at radius 2 is 1.47 bits per heavy atom. The maximum absolute atomic E-state index is 6.03. The van der Waals surface area contributed by atoms with E-state index in [-0.39, 0.29) is 13.0 Å². The molecule has 1 aliphatic rings. The van der Waals surface area contributed by atoms with Crippen LogP contribution in [0, 0.1) is 0 Å². The zero-order chi connectivity index (χ0) is 22.5. The van der Waals surface area contributed by atoms with Gasteiger partial charge >= 0.3 is 0 Å². The average molecular weight is 430 g/mol. The van der Waals surface area contributed by atoms with E-state index in [0.717, 1.165) is 24.3 Å². The van der Waals surface area contributed by atoms with Crippen LogP contribution in [0.1, 0.15) is 35.6 Å². The monoisotopic (exact) mass is 429 g/mol. The first kappa shape index (κ1) is 22.1. The number of hydrogen-bond donors (Lipinski definition) is 0. The molecule has 1 unspecified atom stereocenters. The lowest BCUT2D eigenvalue weighted by atomic mass is 9.90. The first-order chi connectivity index (χ1) is 15.6. The van der Waals surface area contributed by atoms with Gasteiger partial charge in [0, 0.05) is 7.11 Å². The zero-order valence-corrected chi connectivity index (χ0v) is 19.3. The Labute approximate surface area is 191 Å². The fourth-order valence-corrected chi connectivity index (χ4v) is 4.05. The molecule has 4 heteroatoms. The molecule has 0 aliphatic heterocycles. The van der Waals surface area contributed by atoms with Crippen LogP contribution in [0.3, 0.4) is 0 Å². The Morgan fingerprint density at radius 1 is 0.844 bits per heavy atom. The molecular formula is C28H31NO3. The lowest BCUT2D eigenvalue weighted by Crippen LogP contribution is -2.30. The standard InChI is InChI=1S/C28H31NO3/c1-20(29(2)3)32-25-16-11-23(12-17-25)28(22-9-14-24(15-10-22)31-19-30-4)27-18-13-21-7-5-6-8-26(21)27/h5-12,14-17,20H,13,18-19H2,1-4H3. The summed E-state index contributed by atoms with van der Waals surface area (Å²) in [5.74, 6) is 1.67. The largest absolute Gasteiger partial charge is 0.475 e. The lowest BCUT2D eigenvalue weighted by Gasteiger charge is -2.21. The third-order valence-electron chi connectivity index (χ3n) is 5.95. The molecular weight excluding hydrogens is 398 g/mol. The van der Waals surface area contributed by atoms with Crippen LogP contribution < -0.4 is 9.47 Å². The second-order valence-corrected chi connectivity index (χ2v) is 8.29. The van der Waals surface area contributed by atoms with Crippen LogP contribution in [0.25, 0.3) is 11.1 Å². The summed E-state index contributed by atoms with van der Waals surface area (Å²) < 4.78 is 16.6. The van der Waals surface area contributed by atoms with Gasteiger partial charge in [-0.05, 0) is 91.5 Å². The van der Waals surface area contributed by atoms with Crippen molar-refractivity contribution < 1.29 is 14.2 Å². The molecule has 0 bridgehead atoms. The van der Waals surface area contributed by atoms with E-state index in [9.17, 15) is 0 Å². The van der Waals surface area contributed by atoms with Gasteiger partial charge < -0.3 is 14.2 Å². The molecule has 0 N–H and O–H groups in total. The molecule has 0 radical (unpaired) electrons. The predicted octanol–water partition coefficient (Wildman–Crippen LogP) is 5.86. The molecule has 4 rings (SSSR count). The summed E-state index contributed by atoms with van der Waals surface area (Å²) in [7, 11) is 5.65. The minimum atomic E-state index is 0.0139. The molecule has 4 nitrogen and oxygen atoms in total. The van der Waals surface area contributed by atoms with Crippen molar-refractivity contribution in [2.45, 2.75) is 26.0 Å². The first-order valence-corrected chi connectivity index (χ1v) is 11.0. The normalized spacial score (nSPS) is 15.4. The molecule has 32 heavy (non-hydrogen) atoms. The van der Waals surface area contributed by atoms with Crippen molar-refractivity contribution in [1.29, 1.82) is 0 Å². The summed E-state index contributed by atoms with van der Waals surface area (Å²) in [6, 6.07) is 25.5. The molecule has 0 amide bonds. The van der Waals surface area contributed by atoms with Crippen molar-refractivity contribution in [2.75, 3.05) is 28.0 Å². The van der Waals surface area contributed by atoms with E-state index in [1.54, 1.807) is 7.11 Å². The van der Waals surface area contributed by atoms with E-state index in [2.05, 4.69) is 60.7 Å². The lowest BCUT2D eigenvalue weighted by molar-refractivity contribution is 0.0511. The van der Waals surface area contributed by atoms with Gasteiger partial charge in [0.25, 0.3) is 0 Å². The molecule has 0 saturated heterocycles. The van der Waals surface area contributed by atoms with E-state index >= 15 is 0 Å². The van der Waals surface area contributed by atoms with Gasteiger partial charge in [-0.1, -0.05) is 48.5 Å². The van der Waals surface area contributed by atoms with Crippen molar-refractivity contribution in [3.05, 3.63) is 95.1 Å². The second kappa shape index (κ2) is 10.0. The summed E-state index contributed by atoms with van der Waals surface area (Å²) in [5.41, 5.74) is 7.79. The minimum Gasteiger partial charge on any atom is -0.475 e. The van der Waals surface area contributed by atoms with Gasteiger partial charge in [-0.25, -0.2) is 0 Å². The SMILES string of the molecule is COCOc1ccc(C(=C2CCc3ccccc32)c2ccc(OC(C)N(C)C)cc2)cc1. The molecule has 0 spiro atoms. The third kappa shape index (κ3) is 4.87. The topological polar surface area (TPSA) is 30.9 Å². The first-order valence-electron chi connectivity index (χ1n) is 11.0. The van der Waals surface area contributed by atoms with Gasteiger partial charge in [-0.3, -0.25) is 4.90 Å². The van der Waals surface area contributed by atoms with Crippen molar-refractivity contribution in [3.8, 4) is 11.5 Å². The van der Waals surface area contributed by atoms with E-state index in [1.807, 2.05) is 38.1 Å². The van der Waals surface area contributed by atoms with Gasteiger partial charge in [0.15, 0.2) is 6.79 Å². The Morgan fingerprint density at radius 3 is 2.09 bits per heavy atom. The number of fused-ring (bicyclic) bond motifs is 1. The van der Waals surface area contributed by atoms with Crippen molar-refractivity contribution in [3.63, 3.8) is 0 Å². The summed E-state index contributed by atoms with van der Waals surface area (Å²) in [6.45, 7) is 2.29. The predicted molar refractivity (Wildman–Crippen MR) is 130 cm³/mol. The van der Waals surface area contributed by atoms with E-state index in [0.29, 0.717) is 0 Å². The minimum absolute atomic E-state index is 0.0139. The number of nitrogens with zero attached hydrogens (tertiary/aromatic N) is 1. The van der Waals surface area contributed by atoms with Crippen LogP contribution in [-0.4, -0.2) is 39.1 Å². The highest BCUT2D eigenvalue weighted by molar-refractivity contribution is 6.00. The number of methoxy groups -OCH3 is 1. The summed E-state index contributed by atoms with van der Waals surface area (Å²) in [4.78, 5) is 2.05. The number of aryl methyl sites for hydroxylation is 1. The summed E-state index contributed by atoms with van der Waals surface area (Å²) in [5, 5.41) is 0. The maximum Gasteiger partial charge on any atom is 0.188 e. The molecule has 0 saturated carbocycles. The van der Waals surface area contributed by atoms with E-state index in [1.165, 1.54) is 33.4 Å². The molecule has 3 aromatic rings. The van der Waals surface area contributed by atoms with Crippen LogP contribution in [0.2, 0.25) is 0 Å². The maximum atomic E-state index is 6.03. The number of ether oxygens (including phenoxy) is 3. The van der Waals surface area contributed by atoms with E-state index < -0.39 is 0 Å². The number of hydrogen-bond acceptors (Lipinski definition) is 4. The van der Waals surface area contributed by atoms with Crippen LogP contribution >= 0.6 is 0 Å². The van der Waals surface area contributed by atoms with Crippen molar-refractivity contribution in [2.24, 2.45) is 0 Å². The zero-order valence-electron chi connectivity index (χ0n) is 19.3. The summed E-state index contributed by atoms with van der Waals surface area (Å²) >= 11 is 0. The number of allylic oxidation sites excluding steroid dienone is 1. The molecule has 0 aromatic heterocycles. The average Bonchev–Trinajstić information content (AvgIpc) is 3.23. The van der Waals surface area contributed by atoms with Crippen LogP contribution in [0.5, 0.6) is 11.5 Å². The number of benzene rings is 3. The van der Waals surface area contributed by atoms with Gasteiger partial charge in [-0.2, -0.15) is 0 Å². The Bertz CT molecular complexity index is 1070. The molecule has 166 valence electrons. The number of rotatable bonds is 8. The highest BCUT2D eigenvalue weighted by atomic mass is 16.7. The fourth-order valence-electron chi connectivity index (χ4n) is 4.05. The van der Waals surface area contributed by atoms with Crippen LogP contribution in [-0.2, 0) is 11.2 Å².